The zero-order valence-corrected chi connectivity index (χ0v) is 10.0. The minimum Gasteiger partial charge on any atom is -0.363 e. The SMILES string of the molecule is CCN1CCN(c2ccccc2[N+](=O)[O-])CC1. The Hall–Kier alpha value is -1.62. The second-order valence-corrected chi connectivity index (χ2v) is 4.17. The van der Waals surface area contributed by atoms with E-state index in [1.807, 2.05) is 12.1 Å². The van der Waals surface area contributed by atoms with E-state index in [4.69, 9.17) is 0 Å². The minimum atomic E-state index is -0.304. The maximum Gasteiger partial charge on any atom is 0.292 e. The van der Waals surface area contributed by atoms with E-state index >= 15 is 0 Å². The molecule has 1 fully saturated rings. The van der Waals surface area contributed by atoms with Gasteiger partial charge >= 0.3 is 0 Å². The number of nitro groups is 1. The van der Waals surface area contributed by atoms with E-state index in [-0.39, 0.29) is 10.6 Å². The zero-order chi connectivity index (χ0) is 12.3. The second-order valence-electron chi connectivity index (χ2n) is 4.17. The number of para-hydroxylation sites is 2. The normalized spacial score (nSPS) is 17.1. The lowest BCUT2D eigenvalue weighted by molar-refractivity contribution is -0.384. The minimum absolute atomic E-state index is 0.206. The summed E-state index contributed by atoms with van der Waals surface area (Å²) in [5, 5.41) is 11.0. The molecule has 1 heterocycles. The molecule has 0 amide bonds. The molecule has 0 N–H and O–H groups in total. The first-order valence-electron chi connectivity index (χ1n) is 5.93. The van der Waals surface area contributed by atoms with Gasteiger partial charge in [-0.2, -0.15) is 0 Å². The Morgan fingerprint density at radius 1 is 1.24 bits per heavy atom. The molecule has 0 unspecified atom stereocenters. The topological polar surface area (TPSA) is 49.6 Å². The summed E-state index contributed by atoms with van der Waals surface area (Å²) in [6.45, 7) is 6.85. The van der Waals surface area contributed by atoms with Gasteiger partial charge in [0.25, 0.3) is 5.69 Å². The van der Waals surface area contributed by atoms with Crippen LogP contribution in [-0.2, 0) is 0 Å². The quantitative estimate of drug-likeness (QED) is 0.591. The number of anilines is 1. The van der Waals surface area contributed by atoms with Crippen molar-refractivity contribution in [2.75, 3.05) is 37.6 Å². The summed E-state index contributed by atoms with van der Waals surface area (Å²) in [5.41, 5.74) is 0.950. The zero-order valence-electron chi connectivity index (χ0n) is 10.0. The van der Waals surface area contributed by atoms with Gasteiger partial charge in [-0.05, 0) is 12.6 Å². The van der Waals surface area contributed by atoms with Crippen molar-refractivity contribution in [1.29, 1.82) is 0 Å². The lowest BCUT2D eigenvalue weighted by atomic mass is 10.2. The maximum atomic E-state index is 11.0. The Bertz CT molecular complexity index is 400. The van der Waals surface area contributed by atoms with Crippen LogP contribution < -0.4 is 4.90 Å². The fourth-order valence-corrected chi connectivity index (χ4v) is 2.19. The highest BCUT2D eigenvalue weighted by Gasteiger charge is 2.22. The van der Waals surface area contributed by atoms with Crippen molar-refractivity contribution in [3.05, 3.63) is 34.4 Å². The lowest BCUT2D eigenvalue weighted by Gasteiger charge is -2.35. The Morgan fingerprint density at radius 3 is 2.47 bits per heavy atom. The molecule has 5 nitrogen and oxygen atoms in total. The number of rotatable bonds is 3. The predicted molar refractivity (Wildman–Crippen MR) is 67.4 cm³/mol. The number of nitrogens with zero attached hydrogens (tertiary/aromatic N) is 3. The molecule has 1 aliphatic heterocycles. The molecule has 0 saturated carbocycles. The van der Waals surface area contributed by atoms with E-state index in [0.29, 0.717) is 0 Å². The van der Waals surface area contributed by atoms with Crippen LogP contribution in [-0.4, -0.2) is 42.5 Å². The molecule has 0 spiro atoms. The van der Waals surface area contributed by atoms with Gasteiger partial charge in [-0.25, -0.2) is 0 Å². The van der Waals surface area contributed by atoms with Crippen molar-refractivity contribution in [3.8, 4) is 0 Å². The van der Waals surface area contributed by atoms with Crippen molar-refractivity contribution < 1.29 is 4.92 Å². The van der Waals surface area contributed by atoms with Gasteiger partial charge in [0, 0.05) is 32.2 Å². The van der Waals surface area contributed by atoms with Crippen LogP contribution in [0.2, 0.25) is 0 Å². The van der Waals surface area contributed by atoms with Gasteiger partial charge in [0.15, 0.2) is 0 Å². The van der Waals surface area contributed by atoms with Gasteiger partial charge in [0.05, 0.1) is 4.92 Å². The first-order valence-corrected chi connectivity index (χ1v) is 5.93. The van der Waals surface area contributed by atoms with Gasteiger partial charge in [-0.1, -0.05) is 19.1 Å². The van der Waals surface area contributed by atoms with Gasteiger partial charge in [-0.3, -0.25) is 10.1 Å². The van der Waals surface area contributed by atoms with Crippen molar-refractivity contribution in [2.24, 2.45) is 0 Å². The van der Waals surface area contributed by atoms with Crippen LogP contribution in [0, 0.1) is 10.1 Å². The molecule has 17 heavy (non-hydrogen) atoms. The van der Waals surface area contributed by atoms with E-state index in [1.165, 1.54) is 0 Å². The van der Waals surface area contributed by atoms with Crippen LogP contribution in [0.25, 0.3) is 0 Å². The molecule has 0 radical (unpaired) electrons. The molecule has 0 bridgehead atoms. The van der Waals surface area contributed by atoms with Gasteiger partial charge in [0.2, 0.25) is 0 Å². The largest absolute Gasteiger partial charge is 0.363 e. The molecule has 1 aromatic carbocycles. The molecule has 0 aromatic heterocycles. The number of piperazine rings is 1. The third kappa shape index (κ3) is 2.55. The Morgan fingerprint density at radius 2 is 1.88 bits per heavy atom. The van der Waals surface area contributed by atoms with Crippen LogP contribution in [0.3, 0.4) is 0 Å². The lowest BCUT2D eigenvalue weighted by Crippen LogP contribution is -2.46. The summed E-state index contributed by atoms with van der Waals surface area (Å²) in [6.07, 6.45) is 0. The number of benzene rings is 1. The third-order valence-corrected chi connectivity index (χ3v) is 3.24. The fraction of sp³-hybridized carbons (Fsp3) is 0.500. The van der Waals surface area contributed by atoms with Crippen molar-refractivity contribution in [3.63, 3.8) is 0 Å². The van der Waals surface area contributed by atoms with Gasteiger partial charge in [0.1, 0.15) is 5.69 Å². The Balaban J connectivity index is 2.15. The molecule has 5 heteroatoms. The summed E-state index contributed by atoms with van der Waals surface area (Å²) in [6, 6.07) is 6.97. The van der Waals surface area contributed by atoms with E-state index in [2.05, 4.69) is 16.7 Å². The number of nitro benzene ring substituents is 1. The molecule has 92 valence electrons. The fourth-order valence-electron chi connectivity index (χ4n) is 2.19. The van der Waals surface area contributed by atoms with Crippen LogP contribution >= 0.6 is 0 Å². The van der Waals surface area contributed by atoms with Crippen molar-refractivity contribution >= 4 is 11.4 Å². The monoisotopic (exact) mass is 235 g/mol. The average Bonchev–Trinajstić information content (AvgIpc) is 2.39. The van der Waals surface area contributed by atoms with Gasteiger partial charge < -0.3 is 9.80 Å². The molecule has 2 rings (SSSR count). The summed E-state index contributed by atoms with van der Waals surface area (Å²) < 4.78 is 0. The van der Waals surface area contributed by atoms with E-state index in [1.54, 1.807) is 12.1 Å². The second kappa shape index (κ2) is 5.14. The van der Waals surface area contributed by atoms with Crippen molar-refractivity contribution in [2.45, 2.75) is 6.92 Å². The van der Waals surface area contributed by atoms with Crippen LogP contribution in [0.4, 0.5) is 11.4 Å². The average molecular weight is 235 g/mol. The summed E-state index contributed by atoms with van der Waals surface area (Å²) >= 11 is 0. The first kappa shape index (κ1) is 11.9. The maximum absolute atomic E-state index is 11.0. The summed E-state index contributed by atoms with van der Waals surface area (Å²) in [7, 11) is 0. The van der Waals surface area contributed by atoms with E-state index in [0.717, 1.165) is 38.4 Å². The molecule has 0 aliphatic carbocycles. The Labute approximate surface area is 101 Å². The molecule has 1 aromatic rings. The van der Waals surface area contributed by atoms with Crippen LogP contribution in [0.15, 0.2) is 24.3 Å². The van der Waals surface area contributed by atoms with Crippen molar-refractivity contribution in [1.82, 2.24) is 4.90 Å². The predicted octanol–water partition coefficient (Wildman–Crippen LogP) is 1.74. The molecule has 0 atom stereocenters. The highest BCUT2D eigenvalue weighted by molar-refractivity contribution is 5.63. The number of likely N-dealkylation sites (N-methyl/N-ethyl adjacent to an activating group) is 1. The van der Waals surface area contributed by atoms with Crippen LogP contribution in [0.5, 0.6) is 0 Å². The standard InChI is InChI=1S/C12H17N3O2/c1-2-13-7-9-14(10-8-13)11-5-3-4-6-12(11)15(16)17/h3-6H,2,7-10H2,1H3. The number of hydrogen-bond donors (Lipinski definition) is 0. The Kier molecular flexibility index (Phi) is 3.58. The summed E-state index contributed by atoms with van der Waals surface area (Å²) in [5.74, 6) is 0. The van der Waals surface area contributed by atoms with Gasteiger partial charge in [-0.15, -0.1) is 0 Å². The highest BCUT2D eigenvalue weighted by Crippen LogP contribution is 2.28. The molecular formula is C12H17N3O2. The molecule has 1 saturated heterocycles. The van der Waals surface area contributed by atoms with Crippen LogP contribution in [0.1, 0.15) is 6.92 Å². The molecular weight excluding hydrogens is 218 g/mol. The third-order valence-electron chi connectivity index (χ3n) is 3.24. The highest BCUT2D eigenvalue weighted by atomic mass is 16.6. The van der Waals surface area contributed by atoms with E-state index < -0.39 is 0 Å². The first-order chi connectivity index (χ1) is 8.22. The smallest absolute Gasteiger partial charge is 0.292 e. The van der Waals surface area contributed by atoms with E-state index in [9.17, 15) is 10.1 Å². The molecule has 1 aliphatic rings. The number of hydrogen-bond acceptors (Lipinski definition) is 4. The summed E-state index contributed by atoms with van der Waals surface area (Å²) in [4.78, 5) is 15.1.